The van der Waals surface area contributed by atoms with Gasteiger partial charge in [-0.3, -0.25) is 0 Å². The van der Waals surface area contributed by atoms with E-state index in [0.29, 0.717) is 0 Å². The third kappa shape index (κ3) is 11.7. The van der Waals surface area contributed by atoms with Crippen LogP contribution in [0, 0.1) is 35.5 Å². The van der Waals surface area contributed by atoms with Gasteiger partial charge in [0.2, 0.25) is 0 Å². The zero-order valence-corrected chi connectivity index (χ0v) is 26.4. The molecule has 0 radical (unpaired) electrons. The van der Waals surface area contributed by atoms with Crippen LogP contribution in [0.15, 0.2) is 23.3 Å². The van der Waals surface area contributed by atoms with Crippen molar-refractivity contribution in [3.8, 4) is 0 Å². The number of ether oxygens (including phenoxy) is 1. The molecule has 4 rings (SSSR count). The van der Waals surface area contributed by atoms with Crippen molar-refractivity contribution in [2.24, 2.45) is 35.5 Å². The number of hydrogen-bond donors (Lipinski definition) is 0. The van der Waals surface area contributed by atoms with Crippen LogP contribution in [-0.4, -0.2) is 13.2 Å². The van der Waals surface area contributed by atoms with Gasteiger partial charge in [-0.25, -0.2) is 0 Å². The van der Waals surface area contributed by atoms with E-state index in [1.54, 1.807) is 11.1 Å². The maximum atomic E-state index is 6.23. The first kappa shape index (κ1) is 31.4. The highest BCUT2D eigenvalue weighted by Gasteiger charge is 2.24. The van der Waals surface area contributed by atoms with Crippen molar-refractivity contribution >= 4 is 0 Å². The van der Waals surface area contributed by atoms with E-state index in [-0.39, 0.29) is 0 Å². The van der Waals surface area contributed by atoms with E-state index in [4.69, 9.17) is 4.74 Å². The topological polar surface area (TPSA) is 9.23 Å². The monoisotopic (exact) mass is 539 g/mol. The minimum Gasteiger partial charge on any atom is -0.373 e. The van der Waals surface area contributed by atoms with E-state index in [0.717, 1.165) is 48.7 Å². The quantitative estimate of drug-likeness (QED) is 0.178. The first-order valence-electron chi connectivity index (χ1n) is 18.1. The lowest BCUT2D eigenvalue weighted by atomic mass is 9.76. The number of unbranched alkanes of at least 4 members (excludes halogenated alkanes) is 2. The second-order valence-corrected chi connectivity index (χ2v) is 14.7. The molecule has 0 aromatic rings. The molecule has 2 saturated carbocycles. The van der Waals surface area contributed by atoms with Gasteiger partial charge in [0.25, 0.3) is 0 Å². The summed E-state index contributed by atoms with van der Waals surface area (Å²) in [6.45, 7) is 6.45. The number of rotatable bonds is 16. The molecule has 0 N–H and O–H groups in total. The zero-order chi connectivity index (χ0) is 27.1. The molecule has 4 aliphatic carbocycles. The van der Waals surface area contributed by atoms with Gasteiger partial charge in [0.1, 0.15) is 0 Å². The molecule has 0 aromatic heterocycles. The minimum atomic E-state index is 0.885. The molecular weight excluding hydrogens is 472 g/mol. The zero-order valence-electron chi connectivity index (χ0n) is 26.4. The summed E-state index contributed by atoms with van der Waals surface area (Å²) < 4.78 is 6.23. The molecule has 0 saturated heterocycles. The van der Waals surface area contributed by atoms with Crippen LogP contribution in [0.5, 0.6) is 0 Å². The summed E-state index contributed by atoms with van der Waals surface area (Å²) in [6.07, 6.45) is 39.9. The Balaban J connectivity index is 1.01. The third-order valence-electron chi connectivity index (χ3n) is 11.6. The molecule has 39 heavy (non-hydrogen) atoms. The molecule has 0 heterocycles. The van der Waals surface area contributed by atoms with Gasteiger partial charge in [-0.15, -0.1) is 0 Å². The molecule has 0 aromatic carbocycles. The summed E-state index contributed by atoms with van der Waals surface area (Å²) in [5.74, 6) is 6.08. The number of allylic oxidation sites excluding steroid dienone is 2. The van der Waals surface area contributed by atoms with Gasteiger partial charge in [-0.05, 0) is 98.0 Å². The van der Waals surface area contributed by atoms with E-state index in [9.17, 15) is 0 Å². The molecule has 1 nitrogen and oxygen atoms in total. The average Bonchev–Trinajstić information content (AvgIpc) is 2.99. The predicted molar refractivity (Wildman–Crippen MR) is 170 cm³/mol. The molecule has 2 fully saturated rings. The summed E-state index contributed by atoms with van der Waals surface area (Å²) >= 11 is 0. The van der Waals surface area contributed by atoms with Crippen LogP contribution in [0.25, 0.3) is 0 Å². The fraction of sp³-hybridized carbons (Fsp3) is 0.895. The Kier molecular flexibility index (Phi) is 14.5. The molecule has 2 atom stereocenters. The van der Waals surface area contributed by atoms with Crippen LogP contribution in [0.3, 0.4) is 0 Å². The number of hydrogen-bond acceptors (Lipinski definition) is 1. The van der Waals surface area contributed by atoms with Crippen LogP contribution in [0.1, 0.15) is 168 Å². The van der Waals surface area contributed by atoms with Gasteiger partial charge >= 0.3 is 0 Å². The Morgan fingerprint density at radius 1 is 0.487 bits per heavy atom. The minimum absolute atomic E-state index is 0.885. The van der Waals surface area contributed by atoms with E-state index in [2.05, 4.69) is 26.0 Å². The van der Waals surface area contributed by atoms with Crippen molar-refractivity contribution in [3.05, 3.63) is 23.3 Å². The lowest BCUT2D eigenvalue weighted by Gasteiger charge is -2.30. The fourth-order valence-electron chi connectivity index (χ4n) is 8.53. The Labute approximate surface area is 244 Å². The maximum Gasteiger partial charge on any atom is 0.0681 e. The van der Waals surface area contributed by atoms with Gasteiger partial charge in [-0.2, -0.15) is 0 Å². The predicted octanol–water partition coefficient (Wildman–Crippen LogP) is 12.0. The van der Waals surface area contributed by atoms with E-state index in [1.165, 1.54) is 154 Å². The Hall–Kier alpha value is -0.560. The second kappa shape index (κ2) is 18.1. The summed E-state index contributed by atoms with van der Waals surface area (Å²) in [6, 6.07) is 0. The highest BCUT2D eigenvalue weighted by Crippen LogP contribution is 2.38. The summed E-state index contributed by atoms with van der Waals surface area (Å²) in [7, 11) is 0. The van der Waals surface area contributed by atoms with Crippen molar-refractivity contribution in [1.29, 1.82) is 0 Å². The summed E-state index contributed by atoms with van der Waals surface area (Å²) in [4.78, 5) is 0. The highest BCUT2D eigenvalue weighted by molar-refractivity contribution is 5.09. The Bertz CT molecular complexity index is 642. The Morgan fingerprint density at radius 2 is 0.846 bits per heavy atom. The van der Waals surface area contributed by atoms with Crippen molar-refractivity contribution in [2.75, 3.05) is 13.2 Å². The molecule has 1 heteroatoms. The van der Waals surface area contributed by atoms with E-state index in [1.807, 2.05) is 0 Å². The van der Waals surface area contributed by atoms with Crippen LogP contribution in [-0.2, 0) is 4.74 Å². The van der Waals surface area contributed by atoms with E-state index < -0.39 is 0 Å². The fourth-order valence-corrected chi connectivity index (χ4v) is 8.53. The van der Waals surface area contributed by atoms with Crippen molar-refractivity contribution in [3.63, 3.8) is 0 Å². The molecule has 0 amide bonds. The van der Waals surface area contributed by atoms with Gasteiger partial charge in [0, 0.05) is 0 Å². The molecule has 4 aliphatic rings. The molecular formula is C38H66O. The second-order valence-electron chi connectivity index (χ2n) is 14.7. The van der Waals surface area contributed by atoms with Gasteiger partial charge in [-0.1, -0.05) is 129 Å². The molecule has 0 aliphatic heterocycles. The van der Waals surface area contributed by atoms with E-state index >= 15 is 0 Å². The van der Waals surface area contributed by atoms with Crippen LogP contribution in [0.2, 0.25) is 0 Å². The van der Waals surface area contributed by atoms with Crippen LogP contribution < -0.4 is 0 Å². The lowest BCUT2D eigenvalue weighted by Crippen LogP contribution is -2.17. The SMILES string of the molecule is CCCCC1CCC(CCC2CC=C(COCC3=CCC(CCC4CCC(CCCC)CC4)CC3)CC2)CC1. The smallest absolute Gasteiger partial charge is 0.0681 e. The summed E-state index contributed by atoms with van der Waals surface area (Å²) in [5.41, 5.74) is 3.17. The molecule has 0 spiro atoms. The van der Waals surface area contributed by atoms with Gasteiger partial charge in [0.15, 0.2) is 0 Å². The Morgan fingerprint density at radius 3 is 1.18 bits per heavy atom. The van der Waals surface area contributed by atoms with Crippen LogP contribution >= 0.6 is 0 Å². The first-order chi connectivity index (χ1) is 19.2. The molecule has 2 unspecified atom stereocenters. The molecule has 224 valence electrons. The normalized spacial score (nSPS) is 32.1. The van der Waals surface area contributed by atoms with Crippen molar-refractivity contribution in [2.45, 2.75) is 168 Å². The standard InChI is InChI=1S/C38H66O/c1-3-5-7-31-9-13-33(14-10-31)17-19-35-21-25-37(26-22-35)29-39-30-38-27-23-36(24-28-38)20-18-34-15-11-32(12-16-34)8-6-4-2/h25,27,31-36H,3-24,26,28-30H2,1-2H3. The van der Waals surface area contributed by atoms with Crippen LogP contribution in [0.4, 0.5) is 0 Å². The largest absolute Gasteiger partial charge is 0.373 e. The molecule has 0 bridgehead atoms. The maximum absolute atomic E-state index is 6.23. The van der Waals surface area contributed by atoms with Crippen molar-refractivity contribution in [1.82, 2.24) is 0 Å². The van der Waals surface area contributed by atoms with Gasteiger partial charge < -0.3 is 4.74 Å². The summed E-state index contributed by atoms with van der Waals surface area (Å²) in [5, 5.41) is 0. The average molecular weight is 539 g/mol. The lowest BCUT2D eigenvalue weighted by molar-refractivity contribution is 0.168. The third-order valence-corrected chi connectivity index (χ3v) is 11.6. The highest BCUT2D eigenvalue weighted by atomic mass is 16.5. The van der Waals surface area contributed by atoms with Gasteiger partial charge in [0.05, 0.1) is 13.2 Å². The van der Waals surface area contributed by atoms with Crippen molar-refractivity contribution < 1.29 is 4.74 Å². The first-order valence-corrected chi connectivity index (χ1v) is 18.1.